The van der Waals surface area contributed by atoms with E-state index in [-0.39, 0.29) is 12.0 Å². The van der Waals surface area contributed by atoms with Gasteiger partial charge in [-0.25, -0.2) is 4.79 Å². The fraction of sp³-hybridized carbons (Fsp3) is 0.667. The maximum Gasteiger partial charge on any atom is 0.410 e. The Morgan fingerprint density at radius 2 is 1.70 bits per heavy atom. The Kier molecular flexibility index (Phi) is 11.1. The molecule has 0 spiro atoms. The lowest BCUT2D eigenvalue weighted by molar-refractivity contribution is -0.118. The number of nitrogens with zero attached hydrogens (tertiary/aromatic N) is 3. The van der Waals surface area contributed by atoms with Gasteiger partial charge in [-0.05, 0) is 57.7 Å². The summed E-state index contributed by atoms with van der Waals surface area (Å²) in [6.07, 6.45) is 3.39. The molecule has 2 fully saturated rings. The number of hydrogen-bond donors (Lipinski definition) is 1. The van der Waals surface area contributed by atoms with Crippen LogP contribution in [-0.2, 0) is 16.1 Å². The van der Waals surface area contributed by atoms with Gasteiger partial charge in [-0.15, -0.1) is 11.6 Å². The first kappa shape index (κ1) is 27.5. The van der Waals surface area contributed by atoms with Crippen LogP contribution in [0.3, 0.4) is 0 Å². The van der Waals surface area contributed by atoms with E-state index in [0.29, 0.717) is 31.8 Å². The summed E-state index contributed by atoms with van der Waals surface area (Å²) in [6.45, 7) is 12.0. The van der Waals surface area contributed by atoms with Gasteiger partial charge in [-0.1, -0.05) is 17.7 Å². The number of amides is 2. The maximum absolute atomic E-state index is 12.2. The highest BCUT2D eigenvalue weighted by Gasteiger charge is 2.26. The van der Waals surface area contributed by atoms with Crippen molar-refractivity contribution in [1.29, 1.82) is 0 Å². The Morgan fingerprint density at radius 1 is 1.06 bits per heavy atom. The molecule has 0 atom stereocenters. The minimum Gasteiger partial charge on any atom is -0.444 e. The third-order valence-electron chi connectivity index (χ3n) is 5.47. The number of halogens is 2. The molecule has 1 aromatic rings. The molecule has 0 saturated carbocycles. The summed E-state index contributed by atoms with van der Waals surface area (Å²) in [6, 6.07) is 6.22. The second-order valence-electron chi connectivity index (χ2n) is 9.47. The topological polar surface area (TPSA) is 79.1 Å². The molecule has 0 radical (unpaired) electrons. The summed E-state index contributed by atoms with van der Waals surface area (Å²) in [7, 11) is 0. The SMILES string of the molecule is CC(C)(C)OC(=O)N1CCN(Cc2ccc(Cl)cc2N2CCCC2)CC1.NC(=O)CCCCl. The first-order valence-corrected chi connectivity index (χ1v) is 12.6. The summed E-state index contributed by atoms with van der Waals surface area (Å²) < 4.78 is 5.48. The Morgan fingerprint density at radius 3 is 2.21 bits per heavy atom. The molecule has 0 aromatic heterocycles. The standard InChI is InChI=1S/C20H30ClN3O2.C4H8ClNO/c1-20(2,3)26-19(25)24-12-10-22(11-13-24)15-16-6-7-17(21)14-18(16)23-8-4-5-9-23;5-3-1-2-4(6)7/h6-7,14H,4-5,8-13,15H2,1-3H3;1-3H2,(H2,6,7). The molecule has 1 aromatic carbocycles. The average molecular weight is 501 g/mol. The highest BCUT2D eigenvalue weighted by atomic mass is 35.5. The van der Waals surface area contributed by atoms with Gasteiger partial charge in [0, 0.05) is 68.8 Å². The van der Waals surface area contributed by atoms with Crippen LogP contribution >= 0.6 is 23.2 Å². The summed E-state index contributed by atoms with van der Waals surface area (Å²) >= 11 is 11.5. The third kappa shape index (κ3) is 9.98. The summed E-state index contributed by atoms with van der Waals surface area (Å²) in [5.74, 6) is 0.240. The van der Waals surface area contributed by atoms with Gasteiger partial charge in [0.1, 0.15) is 5.60 Å². The van der Waals surface area contributed by atoms with Crippen molar-refractivity contribution >= 4 is 40.9 Å². The molecule has 2 saturated heterocycles. The number of carbonyl (C=O) groups excluding carboxylic acids is 2. The summed E-state index contributed by atoms with van der Waals surface area (Å²) in [5.41, 5.74) is 6.93. The van der Waals surface area contributed by atoms with Crippen LogP contribution < -0.4 is 10.6 Å². The van der Waals surface area contributed by atoms with Crippen molar-refractivity contribution in [3.63, 3.8) is 0 Å². The number of alkyl halides is 1. The number of primary amides is 1. The zero-order chi connectivity index (χ0) is 24.4. The summed E-state index contributed by atoms with van der Waals surface area (Å²) in [5, 5.41) is 0.797. The van der Waals surface area contributed by atoms with Crippen LogP contribution in [-0.4, -0.2) is 72.5 Å². The van der Waals surface area contributed by atoms with Crippen molar-refractivity contribution in [3.8, 4) is 0 Å². The Bertz CT molecular complexity index is 771. The van der Waals surface area contributed by atoms with E-state index in [0.717, 1.165) is 37.7 Å². The molecule has 3 rings (SSSR count). The minimum absolute atomic E-state index is 0.207. The van der Waals surface area contributed by atoms with Crippen molar-refractivity contribution in [1.82, 2.24) is 9.80 Å². The third-order valence-corrected chi connectivity index (χ3v) is 5.97. The van der Waals surface area contributed by atoms with E-state index >= 15 is 0 Å². The second-order valence-corrected chi connectivity index (χ2v) is 10.3. The van der Waals surface area contributed by atoms with Gasteiger partial charge in [0.05, 0.1) is 0 Å². The molecule has 0 aliphatic carbocycles. The number of hydrogen-bond acceptors (Lipinski definition) is 5. The van der Waals surface area contributed by atoms with Gasteiger partial charge >= 0.3 is 6.09 Å². The highest BCUT2D eigenvalue weighted by molar-refractivity contribution is 6.30. The molecule has 33 heavy (non-hydrogen) atoms. The molecule has 2 aliphatic heterocycles. The molecule has 2 N–H and O–H groups in total. The highest BCUT2D eigenvalue weighted by Crippen LogP contribution is 2.29. The summed E-state index contributed by atoms with van der Waals surface area (Å²) in [4.78, 5) is 28.8. The first-order valence-electron chi connectivity index (χ1n) is 11.7. The number of benzene rings is 1. The van der Waals surface area contributed by atoms with Gasteiger partial charge in [-0.2, -0.15) is 0 Å². The fourth-order valence-corrected chi connectivity index (χ4v) is 4.12. The number of carbonyl (C=O) groups is 2. The Balaban J connectivity index is 0.000000479. The number of ether oxygens (including phenoxy) is 1. The molecule has 0 unspecified atom stereocenters. The number of anilines is 1. The zero-order valence-corrected chi connectivity index (χ0v) is 21.6. The van der Waals surface area contributed by atoms with Crippen molar-refractivity contribution in [2.75, 3.05) is 50.0 Å². The lowest BCUT2D eigenvalue weighted by Crippen LogP contribution is -2.49. The monoisotopic (exact) mass is 500 g/mol. The molecule has 7 nitrogen and oxygen atoms in total. The van der Waals surface area contributed by atoms with E-state index in [1.54, 1.807) is 0 Å². The van der Waals surface area contributed by atoms with Crippen molar-refractivity contribution in [3.05, 3.63) is 28.8 Å². The Hall–Kier alpha value is -1.70. The predicted molar refractivity (Wildman–Crippen MR) is 135 cm³/mol. The van der Waals surface area contributed by atoms with Crippen LogP contribution in [0.5, 0.6) is 0 Å². The lowest BCUT2D eigenvalue weighted by atomic mass is 10.1. The lowest BCUT2D eigenvalue weighted by Gasteiger charge is -2.36. The van der Waals surface area contributed by atoms with E-state index in [2.05, 4.69) is 21.9 Å². The quantitative estimate of drug-likeness (QED) is 0.582. The van der Waals surface area contributed by atoms with Crippen LogP contribution in [0, 0.1) is 0 Å². The van der Waals surface area contributed by atoms with Crippen molar-refractivity contribution in [2.24, 2.45) is 5.73 Å². The van der Waals surface area contributed by atoms with Gasteiger partial charge in [0.2, 0.25) is 5.91 Å². The molecule has 2 amide bonds. The van der Waals surface area contributed by atoms with Crippen molar-refractivity contribution < 1.29 is 14.3 Å². The zero-order valence-electron chi connectivity index (χ0n) is 20.1. The second kappa shape index (κ2) is 13.3. The van der Waals surface area contributed by atoms with Crippen LogP contribution in [0.15, 0.2) is 18.2 Å². The molecular formula is C24H38Cl2N4O3. The van der Waals surface area contributed by atoms with Crippen LogP contribution in [0.4, 0.5) is 10.5 Å². The van der Waals surface area contributed by atoms with E-state index in [9.17, 15) is 9.59 Å². The molecular weight excluding hydrogens is 463 g/mol. The number of nitrogens with two attached hydrogens (primary N) is 1. The van der Waals surface area contributed by atoms with Gasteiger partial charge in [0.15, 0.2) is 0 Å². The average Bonchev–Trinajstić information content (AvgIpc) is 3.28. The van der Waals surface area contributed by atoms with E-state index in [1.807, 2.05) is 31.7 Å². The predicted octanol–water partition coefficient (Wildman–Crippen LogP) is 4.48. The smallest absolute Gasteiger partial charge is 0.410 e. The molecule has 2 heterocycles. The van der Waals surface area contributed by atoms with Crippen LogP contribution in [0.25, 0.3) is 0 Å². The minimum atomic E-state index is -0.442. The van der Waals surface area contributed by atoms with Gasteiger partial charge in [0.25, 0.3) is 0 Å². The fourth-order valence-electron chi connectivity index (χ4n) is 3.82. The van der Waals surface area contributed by atoms with Crippen LogP contribution in [0.1, 0.15) is 52.0 Å². The van der Waals surface area contributed by atoms with E-state index < -0.39 is 5.60 Å². The molecule has 9 heteroatoms. The van der Waals surface area contributed by atoms with E-state index in [4.69, 9.17) is 33.7 Å². The van der Waals surface area contributed by atoms with Gasteiger partial charge < -0.3 is 20.3 Å². The van der Waals surface area contributed by atoms with Crippen molar-refractivity contribution in [2.45, 2.75) is 58.6 Å². The first-order chi connectivity index (χ1) is 15.6. The molecule has 0 bridgehead atoms. The normalized spacial score (nSPS) is 16.9. The molecule has 2 aliphatic rings. The molecule has 186 valence electrons. The van der Waals surface area contributed by atoms with Gasteiger partial charge in [-0.3, -0.25) is 9.69 Å². The number of rotatable bonds is 6. The van der Waals surface area contributed by atoms with E-state index in [1.165, 1.54) is 24.1 Å². The number of piperazine rings is 1. The maximum atomic E-state index is 12.2. The van der Waals surface area contributed by atoms with Crippen LogP contribution in [0.2, 0.25) is 5.02 Å². The Labute approximate surface area is 208 Å². The largest absolute Gasteiger partial charge is 0.444 e.